The lowest BCUT2D eigenvalue weighted by molar-refractivity contribution is 0.896. The zero-order chi connectivity index (χ0) is 10.4. The van der Waals surface area contributed by atoms with Crippen molar-refractivity contribution >= 4 is 16.6 Å². The fraction of sp³-hybridized carbons (Fsp3) is 0.0909. The highest BCUT2D eigenvalue weighted by Crippen LogP contribution is 2.12. The number of nitrogens with zero attached hydrogens (tertiary/aromatic N) is 3. The van der Waals surface area contributed by atoms with Gasteiger partial charge in [-0.15, -0.1) is 0 Å². The van der Waals surface area contributed by atoms with Crippen molar-refractivity contribution in [2.45, 2.75) is 0 Å². The normalized spacial score (nSPS) is 11.3. The monoisotopic (exact) mass is 199 g/mol. The number of aromatic nitrogens is 3. The molecule has 0 unspecified atom stereocenters. The summed E-state index contributed by atoms with van der Waals surface area (Å²) in [5.41, 5.74) is 2.52. The third kappa shape index (κ3) is 0.958. The quantitative estimate of drug-likeness (QED) is 0.545. The van der Waals surface area contributed by atoms with E-state index in [1.54, 1.807) is 24.0 Å². The Kier molecular flexibility index (Phi) is 1.48. The number of hydrogen-bond donors (Lipinski definition) is 0. The number of hydrogen-bond acceptors (Lipinski definition) is 2. The van der Waals surface area contributed by atoms with Crippen LogP contribution in [0.5, 0.6) is 0 Å². The molecule has 3 aromatic heterocycles. The molecule has 0 spiro atoms. The fourth-order valence-electron chi connectivity index (χ4n) is 1.89. The average Bonchev–Trinajstić information content (AvgIpc) is 2.75. The summed E-state index contributed by atoms with van der Waals surface area (Å²) in [5, 5.41) is 0. The molecule has 0 bridgehead atoms. The minimum atomic E-state index is 0.000463. The molecule has 0 radical (unpaired) electrons. The zero-order valence-electron chi connectivity index (χ0n) is 8.21. The minimum absolute atomic E-state index is 0.000463. The molecule has 0 aliphatic heterocycles. The van der Waals surface area contributed by atoms with Crippen molar-refractivity contribution in [2.24, 2.45) is 7.05 Å². The van der Waals surface area contributed by atoms with Gasteiger partial charge in [-0.1, -0.05) is 0 Å². The smallest absolute Gasteiger partial charge is 0.275 e. The van der Waals surface area contributed by atoms with Crippen LogP contribution in [0.4, 0.5) is 0 Å². The molecule has 4 nitrogen and oxygen atoms in total. The predicted molar refractivity (Wildman–Crippen MR) is 57.9 cm³/mol. The SMILES string of the molecule is Cn1c(=O)c2cccn2c2ccncc21. The number of fused-ring (bicyclic) bond motifs is 3. The van der Waals surface area contributed by atoms with Crippen LogP contribution < -0.4 is 5.56 Å². The second-order valence-corrected chi connectivity index (χ2v) is 3.49. The van der Waals surface area contributed by atoms with Crippen LogP contribution in [0.15, 0.2) is 41.6 Å². The third-order valence-electron chi connectivity index (χ3n) is 2.67. The van der Waals surface area contributed by atoms with Gasteiger partial charge in [0.1, 0.15) is 5.52 Å². The molecule has 0 aliphatic rings. The molecule has 0 amide bonds. The Morgan fingerprint density at radius 1 is 1.20 bits per heavy atom. The van der Waals surface area contributed by atoms with Gasteiger partial charge >= 0.3 is 0 Å². The second kappa shape index (κ2) is 2.70. The van der Waals surface area contributed by atoms with Gasteiger partial charge < -0.3 is 8.97 Å². The first-order valence-corrected chi connectivity index (χ1v) is 4.69. The van der Waals surface area contributed by atoms with Crippen LogP contribution in [0.2, 0.25) is 0 Å². The lowest BCUT2D eigenvalue weighted by Crippen LogP contribution is -2.19. The summed E-state index contributed by atoms with van der Waals surface area (Å²) in [6.07, 6.45) is 5.32. The maximum Gasteiger partial charge on any atom is 0.275 e. The number of pyridine rings is 1. The van der Waals surface area contributed by atoms with Crippen molar-refractivity contribution in [3.8, 4) is 0 Å². The molecule has 0 fully saturated rings. The summed E-state index contributed by atoms with van der Waals surface area (Å²) in [6, 6.07) is 5.60. The van der Waals surface area contributed by atoms with E-state index in [1.165, 1.54) is 0 Å². The van der Waals surface area contributed by atoms with Crippen molar-refractivity contribution in [3.05, 3.63) is 47.1 Å². The molecular weight excluding hydrogens is 190 g/mol. The Labute approximate surface area is 85.4 Å². The van der Waals surface area contributed by atoms with E-state index in [-0.39, 0.29) is 5.56 Å². The second-order valence-electron chi connectivity index (χ2n) is 3.49. The first kappa shape index (κ1) is 8.23. The Morgan fingerprint density at radius 3 is 2.93 bits per heavy atom. The molecular formula is C11H9N3O. The molecule has 3 heterocycles. The van der Waals surface area contributed by atoms with Crippen LogP contribution in [0.25, 0.3) is 16.6 Å². The zero-order valence-corrected chi connectivity index (χ0v) is 8.21. The van der Waals surface area contributed by atoms with Crippen LogP contribution >= 0.6 is 0 Å². The summed E-state index contributed by atoms with van der Waals surface area (Å²) in [4.78, 5) is 16.0. The van der Waals surface area contributed by atoms with Gasteiger partial charge in [0.25, 0.3) is 5.56 Å². The molecule has 74 valence electrons. The standard InChI is InChI=1S/C11H9N3O/c1-13-10-7-12-5-4-8(10)14-6-2-3-9(14)11(13)15/h2-7H,1H3. The lowest BCUT2D eigenvalue weighted by Gasteiger charge is -2.06. The van der Waals surface area contributed by atoms with Crippen LogP contribution in [-0.4, -0.2) is 14.0 Å². The van der Waals surface area contributed by atoms with Crippen molar-refractivity contribution in [1.29, 1.82) is 0 Å². The predicted octanol–water partition coefficient (Wildman–Crippen LogP) is 1.19. The average molecular weight is 199 g/mol. The summed E-state index contributed by atoms with van der Waals surface area (Å²) in [6.45, 7) is 0. The lowest BCUT2D eigenvalue weighted by atomic mass is 10.3. The van der Waals surface area contributed by atoms with Gasteiger partial charge in [-0.3, -0.25) is 9.78 Å². The maximum absolute atomic E-state index is 11.9. The Bertz CT molecular complexity index is 708. The van der Waals surface area contributed by atoms with E-state index in [9.17, 15) is 4.79 Å². The molecule has 3 rings (SSSR count). The van der Waals surface area contributed by atoms with Gasteiger partial charge in [0, 0.05) is 19.4 Å². The van der Waals surface area contributed by atoms with Gasteiger partial charge in [0.05, 0.1) is 17.2 Å². The van der Waals surface area contributed by atoms with Crippen LogP contribution in [0, 0.1) is 0 Å². The van der Waals surface area contributed by atoms with E-state index in [4.69, 9.17) is 0 Å². The molecule has 0 aliphatic carbocycles. The first-order valence-electron chi connectivity index (χ1n) is 4.69. The summed E-state index contributed by atoms with van der Waals surface area (Å²) in [5.74, 6) is 0. The van der Waals surface area contributed by atoms with Crippen molar-refractivity contribution in [2.75, 3.05) is 0 Å². The topological polar surface area (TPSA) is 39.3 Å². The molecule has 0 atom stereocenters. The number of aryl methyl sites for hydroxylation is 1. The van der Waals surface area contributed by atoms with Crippen LogP contribution in [-0.2, 0) is 7.05 Å². The fourth-order valence-corrected chi connectivity index (χ4v) is 1.89. The van der Waals surface area contributed by atoms with Crippen LogP contribution in [0.3, 0.4) is 0 Å². The van der Waals surface area contributed by atoms with E-state index in [0.29, 0.717) is 5.52 Å². The van der Waals surface area contributed by atoms with E-state index in [2.05, 4.69) is 4.98 Å². The molecule has 0 saturated carbocycles. The highest BCUT2D eigenvalue weighted by Gasteiger charge is 2.06. The molecule has 15 heavy (non-hydrogen) atoms. The van der Waals surface area contributed by atoms with Gasteiger partial charge in [-0.05, 0) is 18.2 Å². The molecule has 0 aromatic carbocycles. The highest BCUT2D eigenvalue weighted by molar-refractivity contribution is 5.77. The maximum atomic E-state index is 11.9. The van der Waals surface area contributed by atoms with Gasteiger partial charge in [0.15, 0.2) is 0 Å². The summed E-state index contributed by atoms with van der Waals surface area (Å²) >= 11 is 0. The minimum Gasteiger partial charge on any atom is -0.310 e. The van der Waals surface area contributed by atoms with Crippen molar-refractivity contribution in [3.63, 3.8) is 0 Å². The summed E-state index contributed by atoms with van der Waals surface area (Å²) < 4.78 is 3.51. The Morgan fingerprint density at radius 2 is 2.07 bits per heavy atom. The van der Waals surface area contributed by atoms with E-state index in [0.717, 1.165) is 11.0 Å². The van der Waals surface area contributed by atoms with E-state index >= 15 is 0 Å². The first-order chi connectivity index (χ1) is 7.29. The third-order valence-corrected chi connectivity index (χ3v) is 2.67. The molecule has 4 heteroatoms. The molecule has 0 N–H and O–H groups in total. The Hall–Kier alpha value is -2.10. The number of rotatable bonds is 0. The van der Waals surface area contributed by atoms with Gasteiger partial charge in [-0.2, -0.15) is 0 Å². The van der Waals surface area contributed by atoms with Gasteiger partial charge in [-0.25, -0.2) is 0 Å². The molecule has 3 aromatic rings. The van der Waals surface area contributed by atoms with Crippen molar-refractivity contribution in [1.82, 2.24) is 14.0 Å². The van der Waals surface area contributed by atoms with E-state index < -0.39 is 0 Å². The Balaban J connectivity index is 2.77. The molecule has 0 saturated heterocycles. The summed E-state index contributed by atoms with van der Waals surface area (Å²) in [7, 11) is 1.76. The largest absolute Gasteiger partial charge is 0.310 e. The van der Waals surface area contributed by atoms with Crippen LogP contribution in [0.1, 0.15) is 0 Å². The van der Waals surface area contributed by atoms with Gasteiger partial charge in [0.2, 0.25) is 0 Å². The van der Waals surface area contributed by atoms with Crippen molar-refractivity contribution < 1.29 is 0 Å². The highest BCUT2D eigenvalue weighted by atomic mass is 16.1. The van der Waals surface area contributed by atoms with E-state index in [1.807, 2.05) is 28.8 Å².